The van der Waals surface area contributed by atoms with Gasteiger partial charge in [0.05, 0.1) is 6.10 Å². The summed E-state index contributed by atoms with van der Waals surface area (Å²) < 4.78 is 0. The Morgan fingerprint density at radius 1 is 1.44 bits per heavy atom. The number of carbonyl (C=O) groups is 1. The summed E-state index contributed by atoms with van der Waals surface area (Å²) in [6.07, 6.45) is 1.58. The summed E-state index contributed by atoms with van der Waals surface area (Å²) in [6, 6.07) is 9.37. The van der Waals surface area contributed by atoms with E-state index in [1.165, 1.54) is 0 Å². The molecule has 0 radical (unpaired) electrons. The molecule has 1 aromatic carbocycles. The minimum absolute atomic E-state index is 0.0325. The van der Waals surface area contributed by atoms with Crippen LogP contribution in [0.15, 0.2) is 30.3 Å². The monoisotopic (exact) mass is 248 g/mol. The Kier molecular flexibility index (Phi) is 4.33. The summed E-state index contributed by atoms with van der Waals surface area (Å²) in [5.41, 5.74) is 7.00. The number of nitrogens with two attached hydrogens (primary N) is 1. The molecule has 1 heterocycles. The molecule has 18 heavy (non-hydrogen) atoms. The first kappa shape index (κ1) is 13.1. The first-order valence-corrected chi connectivity index (χ1v) is 6.43. The SMILES string of the molecule is NC(CC(=O)N1CCCC(O)C1)c1ccccc1. The maximum absolute atomic E-state index is 12.1. The second-order valence-corrected chi connectivity index (χ2v) is 4.86. The number of aliphatic hydroxyl groups is 1. The zero-order valence-electron chi connectivity index (χ0n) is 10.5. The molecule has 1 saturated heterocycles. The number of nitrogens with zero attached hydrogens (tertiary/aromatic N) is 1. The van der Waals surface area contributed by atoms with Crippen molar-refractivity contribution in [2.24, 2.45) is 5.73 Å². The molecule has 3 N–H and O–H groups in total. The van der Waals surface area contributed by atoms with Gasteiger partial charge >= 0.3 is 0 Å². The normalized spacial score (nSPS) is 21.7. The van der Waals surface area contributed by atoms with Crippen molar-refractivity contribution in [1.29, 1.82) is 0 Å². The topological polar surface area (TPSA) is 66.6 Å². The molecule has 0 saturated carbocycles. The number of amides is 1. The van der Waals surface area contributed by atoms with Crippen molar-refractivity contribution in [2.45, 2.75) is 31.4 Å². The van der Waals surface area contributed by atoms with Gasteiger partial charge in [-0.25, -0.2) is 0 Å². The highest BCUT2D eigenvalue weighted by Gasteiger charge is 2.23. The highest BCUT2D eigenvalue weighted by Crippen LogP contribution is 2.17. The molecular formula is C14H20N2O2. The fourth-order valence-corrected chi connectivity index (χ4v) is 2.32. The number of likely N-dealkylation sites (tertiary alicyclic amines) is 1. The molecule has 1 amide bonds. The molecule has 0 bridgehead atoms. The van der Waals surface area contributed by atoms with Crippen LogP contribution in [0.5, 0.6) is 0 Å². The third-order valence-electron chi connectivity index (χ3n) is 3.37. The number of benzene rings is 1. The van der Waals surface area contributed by atoms with Gasteiger partial charge in [-0.1, -0.05) is 30.3 Å². The van der Waals surface area contributed by atoms with E-state index < -0.39 is 0 Å². The van der Waals surface area contributed by atoms with Crippen LogP contribution in [-0.4, -0.2) is 35.1 Å². The van der Waals surface area contributed by atoms with E-state index in [1.807, 2.05) is 30.3 Å². The molecule has 2 rings (SSSR count). The second-order valence-electron chi connectivity index (χ2n) is 4.86. The van der Waals surface area contributed by atoms with Crippen LogP contribution in [0.2, 0.25) is 0 Å². The van der Waals surface area contributed by atoms with E-state index in [9.17, 15) is 9.90 Å². The average molecular weight is 248 g/mol. The Hall–Kier alpha value is -1.39. The van der Waals surface area contributed by atoms with Crippen molar-refractivity contribution in [3.8, 4) is 0 Å². The summed E-state index contributed by atoms with van der Waals surface area (Å²) in [5, 5.41) is 9.55. The van der Waals surface area contributed by atoms with Crippen LogP contribution in [0.1, 0.15) is 30.9 Å². The zero-order chi connectivity index (χ0) is 13.0. The molecule has 98 valence electrons. The van der Waals surface area contributed by atoms with Crippen LogP contribution in [0.4, 0.5) is 0 Å². The Balaban J connectivity index is 1.91. The van der Waals surface area contributed by atoms with Crippen LogP contribution < -0.4 is 5.73 Å². The number of aliphatic hydroxyl groups excluding tert-OH is 1. The minimum Gasteiger partial charge on any atom is -0.391 e. The number of hydrogen-bond acceptors (Lipinski definition) is 3. The van der Waals surface area contributed by atoms with Crippen LogP contribution in [0.25, 0.3) is 0 Å². The lowest BCUT2D eigenvalue weighted by Crippen LogP contribution is -2.43. The van der Waals surface area contributed by atoms with Gasteiger partial charge in [-0.2, -0.15) is 0 Å². The van der Waals surface area contributed by atoms with Crippen LogP contribution in [0, 0.1) is 0 Å². The van der Waals surface area contributed by atoms with Gasteiger partial charge in [0.2, 0.25) is 5.91 Å². The quantitative estimate of drug-likeness (QED) is 0.840. The van der Waals surface area contributed by atoms with Gasteiger partial charge < -0.3 is 15.7 Å². The van der Waals surface area contributed by atoms with Gasteiger partial charge in [0.25, 0.3) is 0 Å². The standard InChI is InChI=1S/C14H20N2O2/c15-13(11-5-2-1-3-6-11)9-14(18)16-8-4-7-12(17)10-16/h1-3,5-6,12-13,17H,4,7-10,15H2. The van der Waals surface area contributed by atoms with Gasteiger partial charge in [0.15, 0.2) is 0 Å². The zero-order valence-corrected chi connectivity index (χ0v) is 10.5. The third kappa shape index (κ3) is 3.31. The number of hydrogen-bond donors (Lipinski definition) is 2. The summed E-state index contributed by atoms with van der Waals surface area (Å²) >= 11 is 0. The number of carbonyl (C=O) groups excluding carboxylic acids is 1. The van der Waals surface area contributed by atoms with Crippen molar-refractivity contribution in [3.63, 3.8) is 0 Å². The van der Waals surface area contributed by atoms with E-state index in [0.29, 0.717) is 13.0 Å². The van der Waals surface area contributed by atoms with Gasteiger partial charge in [-0.15, -0.1) is 0 Å². The largest absolute Gasteiger partial charge is 0.391 e. The van der Waals surface area contributed by atoms with Crippen molar-refractivity contribution in [2.75, 3.05) is 13.1 Å². The lowest BCUT2D eigenvalue weighted by Gasteiger charge is -2.31. The summed E-state index contributed by atoms with van der Waals surface area (Å²) in [7, 11) is 0. The lowest BCUT2D eigenvalue weighted by molar-refractivity contribution is -0.134. The highest BCUT2D eigenvalue weighted by atomic mass is 16.3. The molecule has 0 spiro atoms. The molecule has 1 fully saturated rings. The van der Waals surface area contributed by atoms with E-state index in [0.717, 1.165) is 24.9 Å². The molecule has 0 aromatic heterocycles. The van der Waals surface area contributed by atoms with E-state index >= 15 is 0 Å². The Morgan fingerprint density at radius 3 is 2.83 bits per heavy atom. The van der Waals surface area contributed by atoms with Crippen LogP contribution in [0.3, 0.4) is 0 Å². The molecular weight excluding hydrogens is 228 g/mol. The van der Waals surface area contributed by atoms with Crippen LogP contribution >= 0.6 is 0 Å². The molecule has 0 aliphatic carbocycles. The van der Waals surface area contributed by atoms with Crippen molar-refractivity contribution >= 4 is 5.91 Å². The van der Waals surface area contributed by atoms with Gasteiger partial charge in [0, 0.05) is 25.6 Å². The van der Waals surface area contributed by atoms with E-state index in [-0.39, 0.29) is 18.1 Å². The van der Waals surface area contributed by atoms with Crippen molar-refractivity contribution in [1.82, 2.24) is 4.90 Å². The number of piperidine rings is 1. The van der Waals surface area contributed by atoms with Crippen molar-refractivity contribution < 1.29 is 9.90 Å². The Morgan fingerprint density at radius 2 is 2.17 bits per heavy atom. The van der Waals surface area contributed by atoms with Gasteiger partial charge in [-0.3, -0.25) is 4.79 Å². The van der Waals surface area contributed by atoms with Crippen molar-refractivity contribution in [3.05, 3.63) is 35.9 Å². The second kappa shape index (κ2) is 5.98. The first-order valence-electron chi connectivity index (χ1n) is 6.43. The fourth-order valence-electron chi connectivity index (χ4n) is 2.32. The Bertz CT molecular complexity index is 394. The summed E-state index contributed by atoms with van der Waals surface area (Å²) in [4.78, 5) is 13.8. The van der Waals surface area contributed by atoms with Gasteiger partial charge in [-0.05, 0) is 18.4 Å². The molecule has 1 aromatic rings. The molecule has 1 aliphatic rings. The summed E-state index contributed by atoms with van der Waals surface area (Å²) in [5.74, 6) is 0.0325. The fraction of sp³-hybridized carbons (Fsp3) is 0.500. The minimum atomic E-state index is -0.379. The molecule has 4 heteroatoms. The van der Waals surface area contributed by atoms with Gasteiger partial charge in [0.1, 0.15) is 0 Å². The maximum atomic E-state index is 12.1. The van der Waals surface area contributed by atoms with E-state index in [4.69, 9.17) is 5.73 Å². The predicted molar refractivity (Wildman–Crippen MR) is 69.8 cm³/mol. The molecule has 2 atom stereocenters. The summed E-state index contributed by atoms with van der Waals surface area (Å²) in [6.45, 7) is 1.18. The molecule has 2 unspecified atom stereocenters. The smallest absolute Gasteiger partial charge is 0.224 e. The maximum Gasteiger partial charge on any atom is 0.224 e. The average Bonchev–Trinajstić information content (AvgIpc) is 2.39. The van der Waals surface area contributed by atoms with E-state index in [2.05, 4.69) is 0 Å². The molecule has 1 aliphatic heterocycles. The highest BCUT2D eigenvalue weighted by molar-refractivity contribution is 5.77. The Labute approximate surface area is 107 Å². The lowest BCUT2D eigenvalue weighted by atomic mass is 10.0. The molecule has 4 nitrogen and oxygen atoms in total. The number of β-amino-alcohol motifs (C(OH)–C–C–N with tert-alkyl or cyclic N) is 1. The third-order valence-corrected chi connectivity index (χ3v) is 3.37. The van der Waals surface area contributed by atoms with E-state index in [1.54, 1.807) is 4.90 Å². The first-order chi connectivity index (χ1) is 8.66. The number of rotatable bonds is 3. The van der Waals surface area contributed by atoms with Crippen LogP contribution in [-0.2, 0) is 4.79 Å². The predicted octanol–water partition coefficient (Wildman–Crippen LogP) is 1.06.